The summed E-state index contributed by atoms with van der Waals surface area (Å²) in [6, 6.07) is 9.15. The Balaban J connectivity index is 1.62. The van der Waals surface area contributed by atoms with Crippen molar-refractivity contribution in [1.29, 1.82) is 0 Å². The van der Waals surface area contributed by atoms with Gasteiger partial charge in [-0.1, -0.05) is 0 Å². The molecule has 2 N–H and O–H groups in total. The van der Waals surface area contributed by atoms with E-state index in [1.807, 2.05) is 31.2 Å². The van der Waals surface area contributed by atoms with Crippen molar-refractivity contribution in [3.05, 3.63) is 47.5 Å². The van der Waals surface area contributed by atoms with E-state index < -0.39 is 5.95 Å². The average molecular weight is 411 g/mol. The van der Waals surface area contributed by atoms with Crippen LogP contribution in [0.4, 0.5) is 10.1 Å². The van der Waals surface area contributed by atoms with Gasteiger partial charge in [0.2, 0.25) is 5.95 Å². The van der Waals surface area contributed by atoms with Gasteiger partial charge < -0.3 is 10.6 Å². The summed E-state index contributed by atoms with van der Waals surface area (Å²) >= 11 is 2.76. The zero-order chi connectivity index (χ0) is 19.3. The van der Waals surface area contributed by atoms with Crippen LogP contribution in [-0.2, 0) is 0 Å². The standard InChI is InChI=1S/C19H14FN5OS2/c1-9-7-21-17-16-10-2-5-14(28-15-6-13(20)22-8-23-15)25-11(10)3-4-12(16)27-18(17)19(26)24-9/h2-6,8-9,21H,7H2,1H3,(H,24,26)/t9-/m0/s1. The topological polar surface area (TPSA) is 79.8 Å². The Morgan fingerprint density at radius 1 is 1.21 bits per heavy atom. The van der Waals surface area contributed by atoms with Crippen LogP contribution in [0.15, 0.2) is 46.7 Å². The molecule has 0 radical (unpaired) electrons. The first-order valence-electron chi connectivity index (χ1n) is 8.65. The molecule has 0 saturated heterocycles. The van der Waals surface area contributed by atoms with Crippen LogP contribution in [0.5, 0.6) is 0 Å². The maximum atomic E-state index is 13.3. The van der Waals surface area contributed by atoms with Gasteiger partial charge in [-0.3, -0.25) is 4.79 Å². The van der Waals surface area contributed by atoms with Gasteiger partial charge in [-0.15, -0.1) is 11.3 Å². The number of hydrogen-bond donors (Lipinski definition) is 2. The molecular formula is C19H14FN5OS2. The van der Waals surface area contributed by atoms with Crippen molar-refractivity contribution in [2.45, 2.75) is 23.0 Å². The first kappa shape index (κ1) is 17.3. The normalized spacial score (nSPS) is 16.5. The van der Waals surface area contributed by atoms with E-state index >= 15 is 0 Å². The maximum absolute atomic E-state index is 13.3. The molecule has 0 fully saturated rings. The molecule has 0 bridgehead atoms. The molecule has 4 heterocycles. The van der Waals surface area contributed by atoms with E-state index in [1.54, 1.807) is 0 Å². The predicted octanol–water partition coefficient (Wildman–Crippen LogP) is 4.07. The zero-order valence-electron chi connectivity index (χ0n) is 14.7. The smallest absolute Gasteiger partial charge is 0.263 e. The van der Waals surface area contributed by atoms with Gasteiger partial charge in [0.15, 0.2) is 0 Å². The lowest BCUT2D eigenvalue weighted by atomic mass is 10.1. The van der Waals surface area contributed by atoms with Gasteiger partial charge in [0, 0.05) is 34.1 Å². The molecule has 28 heavy (non-hydrogen) atoms. The quantitative estimate of drug-likeness (QED) is 0.484. The average Bonchev–Trinajstić information content (AvgIpc) is 2.99. The van der Waals surface area contributed by atoms with E-state index in [0.29, 0.717) is 21.5 Å². The Hall–Kier alpha value is -2.78. The molecule has 6 nitrogen and oxygen atoms in total. The van der Waals surface area contributed by atoms with Gasteiger partial charge in [0.25, 0.3) is 5.91 Å². The van der Waals surface area contributed by atoms with Crippen LogP contribution in [0.3, 0.4) is 0 Å². The van der Waals surface area contributed by atoms with Crippen LogP contribution < -0.4 is 10.6 Å². The Kier molecular flexibility index (Phi) is 4.13. The third-order valence-electron chi connectivity index (χ3n) is 4.48. The number of pyridine rings is 1. The van der Waals surface area contributed by atoms with Crippen molar-refractivity contribution in [3.63, 3.8) is 0 Å². The molecule has 1 amide bonds. The number of nitrogens with zero attached hydrogens (tertiary/aromatic N) is 3. The minimum absolute atomic E-state index is 0.0484. The number of nitrogens with one attached hydrogen (secondary N) is 2. The van der Waals surface area contributed by atoms with E-state index in [2.05, 4.69) is 20.6 Å². The van der Waals surface area contributed by atoms with Gasteiger partial charge in [-0.05, 0) is 43.0 Å². The Bertz CT molecular complexity index is 1240. The molecule has 140 valence electrons. The second kappa shape index (κ2) is 6.68. The summed E-state index contributed by atoms with van der Waals surface area (Å²) in [7, 11) is 0. The molecule has 3 aromatic heterocycles. The fourth-order valence-electron chi connectivity index (χ4n) is 3.24. The van der Waals surface area contributed by atoms with E-state index in [4.69, 9.17) is 4.98 Å². The highest BCUT2D eigenvalue weighted by atomic mass is 32.2. The molecule has 5 rings (SSSR count). The van der Waals surface area contributed by atoms with Crippen molar-refractivity contribution in [1.82, 2.24) is 20.3 Å². The van der Waals surface area contributed by atoms with Crippen molar-refractivity contribution in [2.75, 3.05) is 11.9 Å². The van der Waals surface area contributed by atoms with Gasteiger partial charge in [0.05, 0.1) is 11.2 Å². The molecule has 1 atom stereocenters. The molecule has 4 aromatic rings. The number of anilines is 1. The number of amides is 1. The number of carbonyl (C=O) groups excluding carboxylic acids is 1. The van der Waals surface area contributed by atoms with Gasteiger partial charge in [-0.25, -0.2) is 15.0 Å². The van der Waals surface area contributed by atoms with Crippen LogP contribution in [0.2, 0.25) is 0 Å². The van der Waals surface area contributed by atoms with Crippen LogP contribution >= 0.6 is 23.1 Å². The van der Waals surface area contributed by atoms with Gasteiger partial charge in [-0.2, -0.15) is 4.39 Å². The molecule has 0 aliphatic carbocycles. The molecule has 0 unspecified atom stereocenters. The second-order valence-electron chi connectivity index (χ2n) is 6.50. The number of benzene rings is 1. The molecule has 0 spiro atoms. The number of fused-ring (bicyclic) bond motifs is 5. The predicted molar refractivity (Wildman–Crippen MR) is 109 cm³/mol. The van der Waals surface area contributed by atoms with Crippen molar-refractivity contribution in [2.24, 2.45) is 0 Å². The number of hydrogen-bond acceptors (Lipinski definition) is 7. The monoisotopic (exact) mass is 411 g/mol. The highest BCUT2D eigenvalue weighted by Gasteiger charge is 2.24. The Morgan fingerprint density at radius 3 is 2.96 bits per heavy atom. The highest BCUT2D eigenvalue weighted by molar-refractivity contribution is 7.99. The molecule has 0 saturated carbocycles. The summed E-state index contributed by atoms with van der Waals surface area (Å²) in [6.07, 6.45) is 1.20. The lowest BCUT2D eigenvalue weighted by Crippen LogP contribution is -2.34. The molecule has 1 aromatic carbocycles. The number of rotatable bonds is 2. The third-order valence-corrected chi connectivity index (χ3v) is 6.51. The SMILES string of the molecule is C[C@H]1CNc2c(sc3ccc4nc(Sc5cc(F)ncn5)ccc4c23)C(=O)N1. The van der Waals surface area contributed by atoms with E-state index in [0.717, 1.165) is 26.7 Å². The summed E-state index contributed by atoms with van der Waals surface area (Å²) < 4.78 is 14.3. The lowest BCUT2D eigenvalue weighted by molar-refractivity contribution is 0.0949. The van der Waals surface area contributed by atoms with Crippen LogP contribution in [0.1, 0.15) is 16.6 Å². The number of thiophene rings is 1. The van der Waals surface area contributed by atoms with E-state index in [-0.39, 0.29) is 11.9 Å². The summed E-state index contributed by atoms with van der Waals surface area (Å²) in [4.78, 5) is 25.4. The minimum atomic E-state index is -0.570. The number of carbonyl (C=O) groups is 1. The highest BCUT2D eigenvalue weighted by Crippen LogP contribution is 2.41. The van der Waals surface area contributed by atoms with Crippen LogP contribution in [0.25, 0.3) is 21.0 Å². The second-order valence-corrected chi connectivity index (χ2v) is 8.59. The summed E-state index contributed by atoms with van der Waals surface area (Å²) in [5, 5.41) is 9.61. The third kappa shape index (κ3) is 2.96. The molecule has 1 aliphatic heterocycles. The van der Waals surface area contributed by atoms with Gasteiger partial charge in [0.1, 0.15) is 21.3 Å². The fraction of sp³-hybridized carbons (Fsp3) is 0.158. The van der Waals surface area contributed by atoms with Crippen molar-refractivity contribution in [3.8, 4) is 0 Å². The summed E-state index contributed by atoms with van der Waals surface area (Å²) in [5.74, 6) is -0.618. The Labute approximate surface area is 167 Å². The summed E-state index contributed by atoms with van der Waals surface area (Å²) in [5.41, 5.74) is 1.68. The number of halogens is 1. The van der Waals surface area contributed by atoms with Crippen molar-refractivity contribution >= 4 is 55.7 Å². The number of aromatic nitrogens is 3. The minimum Gasteiger partial charge on any atom is -0.381 e. The molecule has 1 aliphatic rings. The van der Waals surface area contributed by atoms with E-state index in [9.17, 15) is 9.18 Å². The first-order chi connectivity index (χ1) is 13.6. The zero-order valence-corrected chi connectivity index (χ0v) is 16.3. The first-order valence-corrected chi connectivity index (χ1v) is 10.3. The summed E-state index contributed by atoms with van der Waals surface area (Å²) in [6.45, 7) is 2.64. The fourth-order valence-corrected chi connectivity index (χ4v) is 5.09. The Morgan fingerprint density at radius 2 is 2.11 bits per heavy atom. The molecule has 9 heteroatoms. The molecular weight excluding hydrogens is 397 g/mol. The van der Waals surface area contributed by atoms with Gasteiger partial charge >= 0.3 is 0 Å². The van der Waals surface area contributed by atoms with E-state index in [1.165, 1.54) is 35.5 Å². The van der Waals surface area contributed by atoms with Crippen LogP contribution in [-0.4, -0.2) is 33.4 Å². The maximum Gasteiger partial charge on any atom is 0.263 e. The van der Waals surface area contributed by atoms with Crippen molar-refractivity contribution < 1.29 is 9.18 Å². The largest absolute Gasteiger partial charge is 0.381 e. The van der Waals surface area contributed by atoms with Crippen LogP contribution in [0, 0.1) is 5.95 Å². The lowest BCUT2D eigenvalue weighted by Gasteiger charge is -2.10.